The Morgan fingerprint density at radius 2 is 1.76 bits per heavy atom. The molecule has 0 fully saturated rings. The molecule has 4 rings (SSSR count). The first-order chi connectivity index (χ1) is 17.6. The molecule has 0 unspecified atom stereocenters. The minimum atomic E-state index is -3.61. The Bertz CT molecular complexity index is 1470. The van der Waals surface area contributed by atoms with E-state index in [0.29, 0.717) is 28.3 Å². The zero-order valence-corrected chi connectivity index (χ0v) is 21.2. The molecule has 3 aromatic rings. The number of sulfonamides is 1. The monoisotopic (exact) mass is 523 g/mol. The number of ether oxygens (including phenoxy) is 2. The van der Waals surface area contributed by atoms with Gasteiger partial charge in [-0.05, 0) is 60.2 Å². The van der Waals surface area contributed by atoms with E-state index >= 15 is 0 Å². The van der Waals surface area contributed by atoms with Crippen molar-refractivity contribution in [3.63, 3.8) is 0 Å². The van der Waals surface area contributed by atoms with Gasteiger partial charge in [-0.15, -0.1) is 0 Å². The molecule has 1 aliphatic heterocycles. The van der Waals surface area contributed by atoms with Crippen LogP contribution in [0.25, 0.3) is 0 Å². The number of hydrogen-bond donors (Lipinski definition) is 1. The summed E-state index contributed by atoms with van der Waals surface area (Å²) in [6.45, 7) is 0.0385. The average molecular weight is 524 g/mol. The standard InChI is InChI=1S/C26H25N3O7S/c1-28(2)37(33,34)21-10-7-18(8-11-21)25(31)27-20-9-12-23-22(14-20)29(24(30)16-36-23)15-17-5-4-6-19(13-17)26(32)35-3/h4-14H,15-16H2,1-3H3,(H,27,31). The molecule has 0 radical (unpaired) electrons. The second-order valence-electron chi connectivity index (χ2n) is 8.41. The highest BCUT2D eigenvalue weighted by Gasteiger charge is 2.27. The van der Waals surface area contributed by atoms with Crippen molar-refractivity contribution in [3.05, 3.63) is 83.4 Å². The van der Waals surface area contributed by atoms with Gasteiger partial charge in [-0.1, -0.05) is 12.1 Å². The van der Waals surface area contributed by atoms with E-state index in [1.807, 2.05) is 0 Å². The third kappa shape index (κ3) is 5.47. The molecular weight excluding hydrogens is 498 g/mol. The number of amides is 2. The number of carbonyl (C=O) groups excluding carboxylic acids is 3. The lowest BCUT2D eigenvalue weighted by Gasteiger charge is -2.30. The first kappa shape index (κ1) is 25.9. The van der Waals surface area contributed by atoms with Crippen LogP contribution in [0, 0.1) is 0 Å². The molecule has 3 aromatic carbocycles. The zero-order valence-electron chi connectivity index (χ0n) is 20.4. The van der Waals surface area contributed by atoms with Crippen molar-refractivity contribution in [1.29, 1.82) is 0 Å². The first-order valence-electron chi connectivity index (χ1n) is 11.2. The number of methoxy groups -OCH3 is 1. The number of nitrogens with zero attached hydrogens (tertiary/aromatic N) is 2. The van der Waals surface area contributed by atoms with Gasteiger partial charge in [-0.25, -0.2) is 17.5 Å². The molecule has 0 atom stereocenters. The van der Waals surface area contributed by atoms with Crippen LogP contribution in [0.4, 0.5) is 11.4 Å². The summed E-state index contributed by atoms with van der Waals surface area (Å²) in [6, 6.07) is 17.3. The number of rotatable bonds is 7. The molecule has 2 amide bonds. The maximum atomic E-state index is 12.8. The fourth-order valence-corrected chi connectivity index (χ4v) is 4.64. The van der Waals surface area contributed by atoms with Gasteiger partial charge in [-0.3, -0.25) is 9.59 Å². The molecule has 11 heteroatoms. The summed E-state index contributed by atoms with van der Waals surface area (Å²) in [5.41, 5.74) is 2.22. The fraction of sp³-hybridized carbons (Fsp3) is 0.192. The minimum Gasteiger partial charge on any atom is -0.482 e. The van der Waals surface area contributed by atoms with Gasteiger partial charge >= 0.3 is 5.97 Å². The number of anilines is 2. The third-order valence-corrected chi connectivity index (χ3v) is 7.57. The number of fused-ring (bicyclic) bond motifs is 1. The summed E-state index contributed by atoms with van der Waals surface area (Å²) in [5, 5.41) is 2.77. The summed E-state index contributed by atoms with van der Waals surface area (Å²) in [6.07, 6.45) is 0. The van der Waals surface area contributed by atoms with Crippen molar-refractivity contribution in [2.24, 2.45) is 0 Å². The van der Waals surface area contributed by atoms with Gasteiger partial charge in [0.15, 0.2) is 6.61 Å². The maximum absolute atomic E-state index is 12.8. The number of esters is 1. The summed E-state index contributed by atoms with van der Waals surface area (Å²) in [4.78, 5) is 39.0. The van der Waals surface area contributed by atoms with Crippen molar-refractivity contribution < 1.29 is 32.3 Å². The van der Waals surface area contributed by atoms with E-state index in [4.69, 9.17) is 9.47 Å². The molecule has 37 heavy (non-hydrogen) atoms. The van der Waals surface area contributed by atoms with Crippen molar-refractivity contribution in [2.45, 2.75) is 11.4 Å². The van der Waals surface area contributed by atoms with Crippen LogP contribution in [0.15, 0.2) is 71.6 Å². The molecule has 1 N–H and O–H groups in total. The van der Waals surface area contributed by atoms with Gasteiger partial charge in [0.25, 0.3) is 11.8 Å². The van der Waals surface area contributed by atoms with Gasteiger partial charge in [0.05, 0.1) is 29.8 Å². The van der Waals surface area contributed by atoms with E-state index < -0.39 is 21.9 Å². The van der Waals surface area contributed by atoms with Crippen LogP contribution < -0.4 is 15.0 Å². The van der Waals surface area contributed by atoms with Crippen LogP contribution in [0.5, 0.6) is 5.75 Å². The van der Waals surface area contributed by atoms with Gasteiger partial charge < -0.3 is 19.7 Å². The molecule has 0 aromatic heterocycles. The van der Waals surface area contributed by atoms with Gasteiger partial charge in [0.1, 0.15) is 5.75 Å². The molecular formula is C26H25N3O7S. The van der Waals surface area contributed by atoms with Gasteiger partial charge in [-0.2, -0.15) is 0 Å². The average Bonchev–Trinajstić information content (AvgIpc) is 2.90. The maximum Gasteiger partial charge on any atom is 0.337 e. The SMILES string of the molecule is COC(=O)c1cccc(CN2C(=O)COc3ccc(NC(=O)c4ccc(S(=O)(=O)N(C)C)cc4)cc32)c1. The van der Waals surface area contributed by atoms with Crippen LogP contribution in [-0.2, 0) is 26.1 Å². The minimum absolute atomic E-state index is 0.0744. The van der Waals surface area contributed by atoms with Crippen LogP contribution in [0.2, 0.25) is 0 Å². The van der Waals surface area contributed by atoms with Crippen molar-refractivity contribution in [3.8, 4) is 5.75 Å². The number of hydrogen-bond acceptors (Lipinski definition) is 7. The summed E-state index contributed by atoms with van der Waals surface area (Å²) < 4.78 is 35.9. The van der Waals surface area contributed by atoms with Crippen molar-refractivity contribution in [2.75, 3.05) is 38.0 Å². The Balaban J connectivity index is 1.56. The van der Waals surface area contributed by atoms with Gasteiger partial charge in [0, 0.05) is 25.3 Å². The van der Waals surface area contributed by atoms with Crippen molar-refractivity contribution >= 4 is 39.2 Å². The second-order valence-corrected chi connectivity index (χ2v) is 10.6. The summed E-state index contributed by atoms with van der Waals surface area (Å²) in [7, 11) is 0.548. The molecule has 1 heterocycles. The van der Waals surface area contributed by atoms with Crippen LogP contribution in [0.1, 0.15) is 26.3 Å². The Morgan fingerprint density at radius 3 is 2.43 bits per heavy atom. The second kappa shape index (κ2) is 10.4. The number of carbonyl (C=O) groups is 3. The lowest BCUT2D eigenvalue weighted by molar-refractivity contribution is -0.121. The van der Waals surface area contributed by atoms with E-state index in [9.17, 15) is 22.8 Å². The number of benzene rings is 3. The Hall–Kier alpha value is -4.22. The molecule has 0 aliphatic carbocycles. The molecule has 10 nitrogen and oxygen atoms in total. The highest BCUT2D eigenvalue weighted by molar-refractivity contribution is 7.89. The van der Waals surface area contributed by atoms with E-state index in [0.717, 1.165) is 4.31 Å². The molecule has 192 valence electrons. The van der Waals surface area contributed by atoms with E-state index in [1.165, 1.54) is 50.4 Å². The largest absolute Gasteiger partial charge is 0.482 e. The first-order valence-corrected chi connectivity index (χ1v) is 12.6. The molecule has 0 spiro atoms. The highest BCUT2D eigenvalue weighted by Crippen LogP contribution is 2.35. The van der Waals surface area contributed by atoms with E-state index in [-0.39, 0.29) is 29.5 Å². The number of nitrogens with one attached hydrogen (secondary N) is 1. The molecule has 0 saturated carbocycles. The molecule has 0 bridgehead atoms. The summed E-state index contributed by atoms with van der Waals surface area (Å²) in [5.74, 6) is -0.737. The lowest BCUT2D eigenvalue weighted by atomic mass is 10.1. The van der Waals surface area contributed by atoms with Crippen LogP contribution in [-0.4, -0.2) is 58.3 Å². The Kier molecular flexibility index (Phi) is 7.28. The van der Waals surface area contributed by atoms with Crippen LogP contribution in [0.3, 0.4) is 0 Å². The molecule has 1 aliphatic rings. The van der Waals surface area contributed by atoms with Crippen molar-refractivity contribution in [1.82, 2.24) is 4.31 Å². The Labute approximate surface area is 214 Å². The third-order valence-electron chi connectivity index (χ3n) is 5.74. The predicted octanol–water partition coefficient (Wildman–Crippen LogP) is 2.90. The lowest BCUT2D eigenvalue weighted by Crippen LogP contribution is -2.38. The fourth-order valence-electron chi connectivity index (χ4n) is 3.74. The zero-order chi connectivity index (χ0) is 26.7. The Morgan fingerprint density at radius 1 is 1.03 bits per heavy atom. The predicted molar refractivity (Wildman–Crippen MR) is 136 cm³/mol. The van der Waals surface area contributed by atoms with Crippen LogP contribution >= 0.6 is 0 Å². The van der Waals surface area contributed by atoms with E-state index in [2.05, 4.69) is 5.32 Å². The molecule has 0 saturated heterocycles. The highest BCUT2D eigenvalue weighted by atomic mass is 32.2. The topological polar surface area (TPSA) is 122 Å². The van der Waals surface area contributed by atoms with E-state index in [1.54, 1.807) is 42.5 Å². The smallest absolute Gasteiger partial charge is 0.337 e. The van der Waals surface area contributed by atoms with Gasteiger partial charge in [0.2, 0.25) is 10.0 Å². The summed E-state index contributed by atoms with van der Waals surface area (Å²) >= 11 is 0. The quantitative estimate of drug-likeness (QED) is 0.473. The normalized spacial score (nSPS) is 13.1.